The molecule has 1 saturated carbocycles. The molecule has 0 radical (unpaired) electrons. The van der Waals surface area contributed by atoms with Crippen LogP contribution < -0.4 is 4.74 Å². The second-order valence-electron chi connectivity index (χ2n) is 7.99. The number of hydrogen-bond acceptors (Lipinski definition) is 3. The van der Waals surface area contributed by atoms with Gasteiger partial charge in [0, 0.05) is 31.1 Å². The summed E-state index contributed by atoms with van der Waals surface area (Å²) in [5.41, 5.74) is 0.850. The summed E-state index contributed by atoms with van der Waals surface area (Å²) < 4.78 is 5.28. The molecule has 2 atom stereocenters. The van der Waals surface area contributed by atoms with Gasteiger partial charge < -0.3 is 9.64 Å². The van der Waals surface area contributed by atoms with Crippen LogP contribution in [0.1, 0.15) is 36.5 Å². The van der Waals surface area contributed by atoms with Crippen molar-refractivity contribution in [2.75, 3.05) is 26.7 Å². The van der Waals surface area contributed by atoms with Crippen molar-refractivity contribution in [2.24, 2.45) is 17.8 Å². The van der Waals surface area contributed by atoms with E-state index < -0.39 is 0 Å². The second kappa shape index (κ2) is 6.80. The van der Waals surface area contributed by atoms with Gasteiger partial charge in [0.1, 0.15) is 5.75 Å². The molecule has 4 rings (SSSR count). The maximum absolute atomic E-state index is 13.1. The molecule has 3 heteroatoms. The highest BCUT2D eigenvalue weighted by Crippen LogP contribution is 2.33. The normalized spacial score (nSPS) is 24.4. The summed E-state index contributed by atoms with van der Waals surface area (Å²) in [5, 5.41) is 2.22. The first-order valence-corrected chi connectivity index (χ1v) is 9.47. The van der Waals surface area contributed by atoms with Crippen molar-refractivity contribution in [3.63, 3.8) is 0 Å². The zero-order chi connectivity index (χ0) is 17.4. The Hall–Kier alpha value is -1.87. The molecule has 1 aliphatic carbocycles. The Labute approximate surface area is 150 Å². The molecule has 2 fully saturated rings. The summed E-state index contributed by atoms with van der Waals surface area (Å²) in [4.78, 5) is 15.6. The Morgan fingerprint density at radius 2 is 1.88 bits per heavy atom. The van der Waals surface area contributed by atoms with E-state index in [0.29, 0.717) is 11.7 Å². The van der Waals surface area contributed by atoms with E-state index in [1.807, 2.05) is 36.4 Å². The van der Waals surface area contributed by atoms with Crippen LogP contribution in [0.5, 0.6) is 5.75 Å². The van der Waals surface area contributed by atoms with Gasteiger partial charge in [0.25, 0.3) is 0 Å². The number of fused-ring (bicyclic) bond motifs is 1. The Morgan fingerprint density at radius 1 is 1.12 bits per heavy atom. The van der Waals surface area contributed by atoms with Crippen LogP contribution in [-0.4, -0.2) is 37.4 Å². The molecule has 0 N–H and O–H groups in total. The zero-order valence-corrected chi connectivity index (χ0v) is 15.2. The van der Waals surface area contributed by atoms with Crippen molar-refractivity contribution in [1.82, 2.24) is 4.90 Å². The van der Waals surface area contributed by atoms with Crippen LogP contribution in [0.3, 0.4) is 0 Å². The van der Waals surface area contributed by atoms with Crippen LogP contribution in [0.4, 0.5) is 0 Å². The minimum atomic E-state index is 0.137. The number of carbonyl (C=O) groups excluding carboxylic acids is 1. The number of methoxy groups -OCH3 is 1. The molecule has 1 aliphatic heterocycles. The Bertz CT molecular complexity index is 779. The maximum Gasteiger partial charge on any atom is 0.167 e. The number of hydrogen-bond donors (Lipinski definition) is 0. The van der Waals surface area contributed by atoms with Gasteiger partial charge in [-0.05, 0) is 60.1 Å². The Kier molecular flexibility index (Phi) is 4.51. The second-order valence-corrected chi connectivity index (χ2v) is 7.99. The van der Waals surface area contributed by atoms with E-state index in [2.05, 4.69) is 11.8 Å². The van der Waals surface area contributed by atoms with Crippen LogP contribution in [0.15, 0.2) is 36.4 Å². The highest BCUT2D eigenvalue weighted by Gasteiger charge is 2.33. The summed E-state index contributed by atoms with van der Waals surface area (Å²) in [6, 6.07) is 12.1. The SMILES string of the molecule is COc1ccc2cc(C(=O)C3CC(C)CN(CC4CC4)C3)ccc2c1. The molecular formula is C22H27NO2. The number of ether oxygens (including phenoxy) is 1. The molecule has 2 aromatic rings. The number of carbonyl (C=O) groups is 1. The number of Topliss-reactive ketones (excluding diaryl/α,β-unsaturated/α-hetero) is 1. The molecular weight excluding hydrogens is 310 g/mol. The van der Waals surface area contributed by atoms with Gasteiger partial charge in [0.15, 0.2) is 5.78 Å². The van der Waals surface area contributed by atoms with Crippen LogP contribution in [0.2, 0.25) is 0 Å². The predicted molar refractivity (Wildman–Crippen MR) is 101 cm³/mol. The lowest BCUT2D eigenvalue weighted by atomic mass is 9.84. The molecule has 2 aromatic carbocycles. The van der Waals surface area contributed by atoms with Crippen LogP contribution in [0.25, 0.3) is 10.8 Å². The van der Waals surface area contributed by atoms with Crippen molar-refractivity contribution in [1.29, 1.82) is 0 Å². The molecule has 132 valence electrons. The average molecular weight is 337 g/mol. The molecule has 2 aliphatic rings. The molecule has 0 bridgehead atoms. The van der Waals surface area contributed by atoms with E-state index in [1.54, 1.807) is 7.11 Å². The Morgan fingerprint density at radius 3 is 2.64 bits per heavy atom. The smallest absolute Gasteiger partial charge is 0.167 e. The monoisotopic (exact) mass is 337 g/mol. The number of ketones is 1. The number of benzene rings is 2. The van der Waals surface area contributed by atoms with Gasteiger partial charge in [0.05, 0.1) is 7.11 Å². The van der Waals surface area contributed by atoms with Crippen molar-refractivity contribution in [3.05, 3.63) is 42.0 Å². The standard InChI is InChI=1S/C22H27NO2/c1-15-9-20(14-23(12-15)13-16-3-4-16)22(24)19-6-5-18-11-21(25-2)8-7-17(18)10-19/h5-8,10-11,15-16,20H,3-4,9,12-14H2,1-2H3. The number of piperidine rings is 1. The minimum Gasteiger partial charge on any atom is -0.497 e. The summed E-state index contributed by atoms with van der Waals surface area (Å²) in [6.45, 7) is 5.55. The van der Waals surface area contributed by atoms with E-state index in [1.165, 1.54) is 19.4 Å². The molecule has 0 aromatic heterocycles. The highest BCUT2D eigenvalue weighted by atomic mass is 16.5. The Balaban J connectivity index is 1.53. The van der Waals surface area contributed by atoms with E-state index in [0.717, 1.165) is 47.5 Å². The molecule has 0 amide bonds. The summed E-state index contributed by atoms with van der Waals surface area (Å²) in [6.07, 6.45) is 3.76. The summed E-state index contributed by atoms with van der Waals surface area (Å²) >= 11 is 0. The average Bonchev–Trinajstić information content (AvgIpc) is 3.43. The topological polar surface area (TPSA) is 29.5 Å². The van der Waals surface area contributed by atoms with Crippen molar-refractivity contribution < 1.29 is 9.53 Å². The lowest BCUT2D eigenvalue weighted by molar-refractivity contribution is 0.0745. The number of nitrogens with zero attached hydrogens (tertiary/aromatic N) is 1. The lowest BCUT2D eigenvalue weighted by Crippen LogP contribution is -2.43. The number of rotatable bonds is 5. The van der Waals surface area contributed by atoms with E-state index in [4.69, 9.17) is 4.74 Å². The summed E-state index contributed by atoms with van der Waals surface area (Å²) in [7, 11) is 1.68. The van der Waals surface area contributed by atoms with Gasteiger partial charge in [-0.25, -0.2) is 0 Å². The fourth-order valence-corrected chi connectivity index (χ4v) is 4.21. The highest BCUT2D eigenvalue weighted by molar-refractivity contribution is 6.01. The van der Waals surface area contributed by atoms with Gasteiger partial charge >= 0.3 is 0 Å². The van der Waals surface area contributed by atoms with Gasteiger partial charge in [-0.15, -0.1) is 0 Å². The lowest BCUT2D eigenvalue weighted by Gasteiger charge is -2.36. The zero-order valence-electron chi connectivity index (χ0n) is 15.2. The van der Waals surface area contributed by atoms with Gasteiger partial charge in [0.2, 0.25) is 0 Å². The fourth-order valence-electron chi connectivity index (χ4n) is 4.21. The summed E-state index contributed by atoms with van der Waals surface area (Å²) in [5.74, 6) is 2.79. The molecule has 1 heterocycles. The first-order valence-electron chi connectivity index (χ1n) is 9.47. The van der Waals surface area contributed by atoms with Gasteiger partial charge in [-0.1, -0.05) is 25.1 Å². The van der Waals surface area contributed by atoms with Gasteiger partial charge in [-0.3, -0.25) is 4.79 Å². The van der Waals surface area contributed by atoms with Crippen LogP contribution in [0, 0.1) is 17.8 Å². The predicted octanol–water partition coefficient (Wildman–Crippen LogP) is 4.40. The van der Waals surface area contributed by atoms with E-state index in [9.17, 15) is 4.79 Å². The minimum absolute atomic E-state index is 0.137. The van der Waals surface area contributed by atoms with Crippen molar-refractivity contribution >= 4 is 16.6 Å². The quantitative estimate of drug-likeness (QED) is 0.758. The molecule has 3 nitrogen and oxygen atoms in total. The molecule has 1 saturated heterocycles. The van der Waals surface area contributed by atoms with Crippen LogP contribution >= 0.6 is 0 Å². The van der Waals surface area contributed by atoms with Gasteiger partial charge in [-0.2, -0.15) is 0 Å². The number of likely N-dealkylation sites (tertiary alicyclic amines) is 1. The first kappa shape index (κ1) is 16.6. The van der Waals surface area contributed by atoms with E-state index in [-0.39, 0.29) is 5.92 Å². The maximum atomic E-state index is 13.1. The third-order valence-corrected chi connectivity index (χ3v) is 5.65. The van der Waals surface area contributed by atoms with Crippen molar-refractivity contribution in [3.8, 4) is 5.75 Å². The first-order chi connectivity index (χ1) is 12.1. The molecule has 25 heavy (non-hydrogen) atoms. The third-order valence-electron chi connectivity index (χ3n) is 5.65. The van der Waals surface area contributed by atoms with Crippen molar-refractivity contribution in [2.45, 2.75) is 26.2 Å². The third kappa shape index (κ3) is 3.72. The molecule has 2 unspecified atom stereocenters. The van der Waals surface area contributed by atoms with Crippen LogP contribution in [-0.2, 0) is 0 Å². The fraction of sp³-hybridized carbons (Fsp3) is 0.500. The van der Waals surface area contributed by atoms with E-state index >= 15 is 0 Å². The molecule has 0 spiro atoms. The largest absolute Gasteiger partial charge is 0.497 e.